The summed E-state index contributed by atoms with van der Waals surface area (Å²) in [4.78, 5) is 10.4. The van der Waals surface area contributed by atoms with E-state index in [4.69, 9.17) is 5.73 Å². The Labute approximate surface area is 153 Å². The Morgan fingerprint density at radius 2 is 1.85 bits per heavy atom. The normalized spacial score (nSPS) is 12.1. The van der Waals surface area contributed by atoms with Crippen LogP contribution in [-0.2, 0) is 5.75 Å². The van der Waals surface area contributed by atoms with Crippen LogP contribution in [0.1, 0.15) is 24.4 Å². The Bertz CT molecular complexity index is 910. The Hall–Kier alpha value is -2.78. The summed E-state index contributed by atoms with van der Waals surface area (Å²) in [7, 11) is 0. The maximum Gasteiger partial charge on any atom is 0.269 e. The van der Waals surface area contributed by atoms with Gasteiger partial charge in [0.15, 0.2) is 11.0 Å². The third kappa shape index (κ3) is 3.89. The van der Waals surface area contributed by atoms with E-state index < -0.39 is 4.92 Å². The van der Waals surface area contributed by atoms with Gasteiger partial charge in [0.05, 0.1) is 11.0 Å². The van der Waals surface area contributed by atoms with Crippen LogP contribution in [0.4, 0.5) is 10.1 Å². The number of benzene rings is 2. The average Bonchev–Trinajstić information content (AvgIpc) is 3.05. The highest BCUT2D eigenvalue weighted by molar-refractivity contribution is 7.98. The number of halogens is 1. The number of non-ortho nitro benzene ring substituents is 1. The Kier molecular flexibility index (Phi) is 5.29. The molecule has 0 aliphatic carbocycles. The van der Waals surface area contributed by atoms with Crippen LogP contribution >= 0.6 is 11.8 Å². The summed E-state index contributed by atoms with van der Waals surface area (Å²) in [5.74, 6) is 0.845. The van der Waals surface area contributed by atoms with Crippen molar-refractivity contribution in [3.63, 3.8) is 0 Å². The molecule has 0 spiro atoms. The number of hydrogen-bond acceptors (Lipinski definition) is 6. The molecule has 2 N–H and O–H groups in total. The van der Waals surface area contributed by atoms with Gasteiger partial charge in [0.2, 0.25) is 0 Å². The summed E-state index contributed by atoms with van der Waals surface area (Å²) < 4.78 is 14.8. The van der Waals surface area contributed by atoms with Crippen molar-refractivity contribution in [2.24, 2.45) is 5.73 Å². The standard InChI is InChI=1S/C17H16FN5O2S/c1-11(19)16-20-21-17(26-10-12-2-4-13(18)5-3-12)22(16)14-6-8-15(9-7-14)23(24)25/h2-9,11H,10,19H2,1H3/t11-/m0/s1. The molecule has 0 fully saturated rings. The van der Waals surface area contributed by atoms with Crippen LogP contribution in [-0.4, -0.2) is 19.7 Å². The third-order valence-electron chi connectivity index (χ3n) is 3.67. The van der Waals surface area contributed by atoms with Gasteiger partial charge < -0.3 is 5.73 Å². The maximum absolute atomic E-state index is 13.0. The fraction of sp³-hybridized carbons (Fsp3) is 0.176. The molecule has 9 heteroatoms. The molecule has 0 amide bonds. The van der Waals surface area contributed by atoms with Crippen molar-refractivity contribution >= 4 is 17.4 Å². The molecule has 1 atom stereocenters. The Morgan fingerprint density at radius 1 is 1.19 bits per heavy atom. The average molecular weight is 373 g/mol. The van der Waals surface area contributed by atoms with Crippen LogP contribution < -0.4 is 5.73 Å². The monoisotopic (exact) mass is 373 g/mol. The first-order valence-electron chi connectivity index (χ1n) is 7.78. The molecule has 1 aromatic heterocycles. The van der Waals surface area contributed by atoms with Crippen molar-refractivity contribution in [3.05, 3.63) is 75.9 Å². The summed E-state index contributed by atoms with van der Waals surface area (Å²) in [6, 6.07) is 12.0. The predicted octanol–water partition coefficient (Wildman–Crippen LogP) is 3.63. The number of nitro benzene ring substituents is 1. The zero-order chi connectivity index (χ0) is 18.7. The number of nitrogens with two attached hydrogens (primary N) is 1. The summed E-state index contributed by atoms with van der Waals surface area (Å²) in [6.45, 7) is 1.79. The molecule has 0 radical (unpaired) electrons. The number of nitrogens with zero attached hydrogens (tertiary/aromatic N) is 4. The minimum Gasteiger partial charge on any atom is -0.322 e. The van der Waals surface area contributed by atoms with Gasteiger partial charge in [-0.2, -0.15) is 0 Å². The molecule has 26 heavy (non-hydrogen) atoms. The van der Waals surface area contributed by atoms with Gasteiger partial charge >= 0.3 is 0 Å². The molecular formula is C17H16FN5O2S. The SMILES string of the molecule is C[C@H](N)c1nnc(SCc2ccc(F)cc2)n1-c1ccc([N+](=O)[O-])cc1. The van der Waals surface area contributed by atoms with Crippen LogP contribution in [0.2, 0.25) is 0 Å². The first-order chi connectivity index (χ1) is 12.5. The molecule has 0 saturated heterocycles. The molecule has 0 unspecified atom stereocenters. The lowest BCUT2D eigenvalue weighted by atomic mass is 10.2. The highest BCUT2D eigenvalue weighted by atomic mass is 32.2. The molecule has 3 rings (SSSR count). The lowest BCUT2D eigenvalue weighted by molar-refractivity contribution is -0.384. The molecule has 7 nitrogen and oxygen atoms in total. The summed E-state index contributed by atoms with van der Waals surface area (Å²) in [5.41, 5.74) is 7.62. The van der Waals surface area contributed by atoms with E-state index in [1.165, 1.54) is 36.0 Å². The van der Waals surface area contributed by atoms with E-state index in [1.54, 1.807) is 35.8 Å². The molecule has 0 aliphatic rings. The van der Waals surface area contributed by atoms with Gasteiger partial charge in [-0.15, -0.1) is 10.2 Å². The van der Waals surface area contributed by atoms with Gasteiger partial charge in [0.25, 0.3) is 5.69 Å². The van der Waals surface area contributed by atoms with E-state index in [1.807, 2.05) is 0 Å². The van der Waals surface area contributed by atoms with Crippen molar-refractivity contribution in [2.45, 2.75) is 23.9 Å². The number of rotatable bonds is 6. The first-order valence-corrected chi connectivity index (χ1v) is 8.77. The van der Waals surface area contributed by atoms with Gasteiger partial charge in [-0.3, -0.25) is 14.7 Å². The van der Waals surface area contributed by atoms with E-state index in [0.29, 0.717) is 22.4 Å². The lowest BCUT2D eigenvalue weighted by Gasteiger charge is -2.12. The minimum absolute atomic E-state index is 0.00434. The first kappa shape index (κ1) is 18.0. The third-order valence-corrected chi connectivity index (χ3v) is 4.67. The van der Waals surface area contributed by atoms with Crippen LogP contribution in [0.3, 0.4) is 0 Å². The lowest BCUT2D eigenvalue weighted by Crippen LogP contribution is -2.13. The summed E-state index contributed by atoms with van der Waals surface area (Å²) in [6.07, 6.45) is 0. The molecular weight excluding hydrogens is 357 g/mol. The molecule has 3 aromatic rings. The molecule has 0 bridgehead atoms. The number of nitro groups is 1. The van der Waals surface area contributed by atoms with E-state index in [0.717, 1.165) is 5.56 Å². The van der Waals surface area contributed by atoms with E-state index in [9.17, 15) is 14.5 Å². The summed E-state index contributed by atoms with van der Waals surface area (Å²) >= 11 is 1.43. The molecule has 134 valence electrons. The molecule has 2 aromatic carbocycles. The fourth-order valence-electron chi connectivity index (χ4n) is 2.36. The Morgan fingerprint density at radius 3 is 2.42 bits per heavy atom. The van der Waals surface area contributed by atoms with E-state index >= 15 is 0 Å². The second-order valence-electron chi connectivity index (χ2n) is 5.65. The zero-order valence-corrected chi connectivity index (χ0v) is 14.7. The van der Waals surface area contributed by atoms with Crippen LogP contribution in [0.15, 0.2) is 53.7 Å². The van der Waals surface area contributed by atoms with Crippen LogP contribution in [0.5, 0.6) is 0 Å². The highest BCUT2D eigenvalue weighted by Gasteiger charge is 2.18. The van der Waals surface area contributed by atoms with Crippen molar-refractivity contribution in [3.8, 4) is 5.69 Å². The molecule has 0 aliphatic heterocycles. The smallest absolute Gasteiger partial charge is 0.269 e. The molecule has 1 heterocycles. The minimum atomic E-state index is -0.452. The number of thioether (sulfide) groups is 1. The topological polar surface area (TPSA) is 99.9 Å². The zero-order valence-electron chi connectivity index (χ0n) is 13.9. The summed E-state index contributed by atoms with van der Waals surface area (Å²) in [5, 5.41) is 19.8. The Balaban J connectivity index is 1.91. The maximum atomic E-state index is 13.0. The van der Waals surface area contributed by atoms with Crippen LogP contribution in [0.25, 0.3) is 5.69 Å². The fourth-order valence-corrected chi connectivity index (χ4v) is 3.28. The second-order valence-corrected chi connectivity index (χ2v) is 6.60. The number of hydrogen-bond donors (Lipinski definition) is 1. The van der Waals surface area contributed by atoms with Gasteiger partial charge in [-0.05, 0) is 36.8 Å². The quantitative estimate of drug-likeness (QED) is 0.402. The highest BCUT2D eigenvalue weighted by Crippen LogP contribution is 2.28. The van der Waals surface area contributed by atoms with Gasteiger partial charge in [-0.25, -0.2) is 4.39 Å². The van der Waals surface area contributed by atoms with Crippen molar-refractivity contribution in [2.75, 3.05) is 0 Å². The van der Waals surface area contributed by atoms with E-state index in [2.05, 4.69) is 10.2 Å². The molecule has 0 saturated carbocycles. The van der Waals surface area contributed by atoms with Crippen molar-refractivity contribution in [1.29, 1.82) is 0 Å². The van der Waals surface area contributed by atoms with E-state index in [-0.39, 0.29) is 17.5 Å². The van der Waals surface area contributed by atoms with Crippen molar-refractivity contribution in [1.82, 2.24) is 14.8 Å². The predicted molar refractivity (Wildman–Crippen MR) is 96.6 cm³/mol. The van der Waals surface area contributed by atoms with Crippen LogP contribution in [0, 0.1) is 15.9 Å². The number of aromatic nitrogens is 3. The van der Waals surface area contributed by atoms with Gasteiger partial charge in [0.1, 0.15) is 5.82 Å². The van der Waals surface area contributed by atoms with Crippen molar-refractivity contribution < 1.29 is 9.31 Å². The van der Waals surface area contributed by atoms with Gasteiger partial charge in [-0.1, -0.05) is 23.9 Å². The van der Waals surface area contributed by atoms with Gasteiger partial charge in [0, 0.05) is 23.6 Å². The second kappa shape index (κ2) is 7.63. The largest absolute Gasteiger partial charge is 0.322 e.